The fraction of sp³-hybridized carbons (Fsp3) is 0.0417. The van der Waals surface area contributed by atoms with Crippen LogP contribution in [0.2, 0.25) is 0 Å². The van der Waals surface area contributed by atoms with Crippen LogP contribution in [-0.4, -0.2) is 4.01 Å². The van der Waals surface area contributed by atoms with Crippen molar-refractivity contribution in [3.05, 3.63) is 75.6 Å². The molecular formula is C24H15IO2. The van der Waals surface area contributed by atoms with Crippen LogP contribution in [0, 0.1) is 6.92 Å². The molecule has 3 aromatic carbocycles. The molecule has 3 heteroatoms. The van der Waals surface area contributed by atoms with Crippen LogP contribution in [0.1, 0.15) is 16.9 Å². The van der Waals surface area contributed by atoms with E-state index in [1.807, 2.05) is 12.1 Å². The van der Waals surface area contributed by atoms with Crippen LogP contribution < -0.4 is 0 Å². The molecule has 0 fully saturated rings. The van der Waals surface area contributed by atoms with Gasteiger partial charge in [0.1, 0.15) is 22.5 Å². The molecule has 0 saturated heterocycles. The van der Waals surface area contributed by atoms with E-state index >= 15 is 0 Å². The van der Waals surface area contributed by atoms with E-state index in [4.69, 9.17) is 8.83 Å². The Morgan fingerprint density at radius 2 is 1.63 bits per heavy atom. The number of rotatable bonds is 1. The van der Waals surface area contributed by atoms with Gasteiger partial charge in [-0.2, -0.15) is 0 Å². The van der Waals surface area contributed by atoms with Crippen molar-refractivity contribution < 1.29 is 8.83 Å². The molecule has 0 amide bonds. The van der Waals surface area contributed by atoms with Crippen molar-refractivity contribution in [2.24, 2.45) is 0 Å². The first-order valence-electron chi connectivity index (χ1n) is 8.88. The first kappa shape index (κ1) is 15.4. The van der Waals surface area contributed by atoms with E-state index in [1.165, 1.54) is 32.8 Å². The van der Waals surface area contributed by atoms with Gasteiger partial charge in [0.2, 0.25) is 0 Å². The Balaban J connectivity index is 1.62. The summed E-state index contributed by atoms with van der Waals surface area (Å²) in [6.45, 7) is 2.12. The first-order chi connectivity index (χ1) is 13.3. The molecule has 6 rings (SSSR count). The summed E-state index contributed by atoms with van der Waals surface area (Å²) in [5, 5.41) is 3.55. The Labute approximate surface area is 165 Å². The molecule has 3 heterocycles. The molecule has 1 aliphatic rings. The van der Waals surface area contributed by atoms with Gasteiger partial charge in [0.15, 0.2) is 0 Å². The van der Waals surface area contributed by atoms with Gasteiger partial charge in [0.05, 0.1) is 0 Å². The normalized spacial score (nSPS) is 13.4. The van der Waals surface area contributed by atoms with Gasteiger partial charge >= 0.3 is 0 Å². The molecule has 0 atom stereocenters. The van der Waals surface area contributed by atoms with Crippen molar-refractivity contribution in [1.29, 1.82) is 0 Å². The van der Waals surface area contributed by atoms with Crippen LogP contribution in [0.4, 0.5) is 0 Å². The minimum Gasteiger partial charge on any atom is -0.456 e. The number of fused-ring (bicyclic) bond motifs is 6. The Kier molecular flexibility index (Phi) is 3.23. The van der Waals surface area contributed by atoms with E-state index in [0.717, 1.165) is 28.1 Å². The summed E-state index contributed by atoms with van der Waals surface area (Å²) < 4.78 is 16.7. The second-order valence-electron chi connectivity index (χ2n) is 6.89. The molecule has 0 radical (unpaired) electrons. The minimum atomic E-state index is -0.00913. The molecule has 0 N–H and O–H groups in total. The molecule has 0 spiro atoms. The van der Waals surface area contributed by atoms with Gasteiger partial charge in [-0.25, -0.2) is 0 Å². The van der Waals surface area contributed by atoms with Gasteiger partial charge in [-0.1, -0.05) is 45.0 Å². The van der Waals surface area contributed by atoms with E-state index in [1.54, 1.807) is 0 Å². The van der Waals surface area contributed by atoms with Gasteiger partial charge in [-0.15, -0.1) is 0 Å². The highest BCUT2D eigenvalue weighted by Crippen LogP contribution is 2.37. The van der Waals surface area contributed by atoms with Crippen molar-refractivity contribution in [1.82, 2.24) is 0 Å². The lowest BCUT2D eigenvalue weighted by Crippen LogP contribution is -1.84. The Hall–Kier alpha value is -2.66. The predicted molar refractivity (Wildman–Crippen MR) is 122 cm³/mol. The largest absolute Gasteiger partial charge is 0.456 e. The maximum atomic E-state index is 6.08. The minimum absolute atomic E-state index is 0.00913. The fourth-order valence-corrected chi connectivity index (χ4v) is 5.65. The third-order valence-corrected chi connectivity index (χ3v) is 6.97. The topological polar surface area (TPSA) is 26.3 Å². The third kappa shape index (κ3) is 2.28. The molecule has 0 bridgehead atoms. The zero-order valence-electron chi connectivity index (χ0n) is 14.6. The van der Waals surface area contributed by atoms with Gasteiger partial charge in [0, 0.05) is 21.7 Å². The van der Waals surface area contributed by atoms with Gasteiger partial charge in [0.25, 0.3) is 0 Å². The number of benzene rings is 3. The Morgan fingerprint density at radius 3 is 2.59 bits per heavy atom. The summed E-state index contributed by atoms with van der Waals surface area (Å²) in [6.07, 6.45) is 2.12. The van der Waals surface area contributed by atoms with E-state index in [-0.39, 0.29) is 20.7 Å². The van der Waals surface area contributed by atoms with E-state index in [2.05, 4.69) is 63.6 Å². The van der Waals surface area contributed by atoms with Crippen LogP contribution in [0.5, 0.6) is 0 Å². The summed E-state index contributed by atoms with van der Waals surface area (Å²) >= 11 is -0.00913. The van der Waals surface area contributed by atoms with Crippen molar-refractivity contribution in [2.45, 2.75) is 6.92 Å². The predicted octanol–water partition coefficient (Wildman–Crippen LogP) is 7.41. The van der Waals surface area contributed by atoms with Gasteiger partial charge in [-0.05, 0) is 68.1 Å². The van der Waals surface area contributed by atoms with E-state index in [0.29, 0.717) is 0 Å². The van der Waals surface area contributed by atoms with Crippen molar-refractivity contribution in [3.63, 3.8) is 0 Å². The molecule has 130 valence electrons. The molecule has 0 unspecified atom stereocenters. The van der Waals surface area contributed by atoms with Crippen molar-refractivity contribution in [3.8, 4) is 11.1 Å². The number of aryl methyl sites for hydroxylation is 1. The smallest absolute Gasteiger partial charge is 0.138 e. The molecule has 2 aromatic heterocycles. The fourth-order valence-electron chi connectivity index (χ4n) is 3.91. The zero-order valence-corrected chi connectivity index (χ0v) is 16.8. The number of para-hydroxylation sites is 1. The summed E-state index contributed by atoms with van der Waals surface area (Å²) in [7, 11) is 0. The lowest BCUT2D eigenvalue weighted by atomic mass is 9.98. The molecule has 0 saturated carbocycles. The van der Waals surface area contributed by atoms with Crippen LogP contribution >= 0.6 is 20.7 Å². The van der Waals surface area contributed by atoms with E-state index < -0.39 is 0 Å². The molecule has 27 heavy (non-hydrogen) atoms. The molecule has 1 aliphatic heterocycles. The highest BCUT2D eigenvalue weighted by atomic mass is 127. The van der Waals surface area contributed by atoms with Gasteiger partial charge < -0.3 is 8.83 Å². The van der Waals surface area contributed by atoms with Crippen LogP contribution in [0.3, 0.4) is 0 Å². The average molecular weight is 462 g/mol. The maximum absolute atomic E-state index is 6.08. The molecule has 5 aromatic rings. The average Bonchev–Trinajstić information content (AvgIpc) is 3.26. The maximum Gasteiger partial charge on any atom is 0.138 e. The number of hydrogen-bond acceptors (Lipinski definition) is 2. The quantitative estimate of drug-likeness (QED) is 0.243. The number of hydrogen-bond donors (Lipinski definition) is 0. The second kappa shape index (κ2) is 5.67. The van der Waals surface area contributed by atoms with Crippen molar-refractivity contribution >= 4 is 63.7 Å². The summed E-state index contributed by atoms with van der Waals surface area (Å²) in [6, 6.07) is 19.2. The Bertz CT molecular complexity index is 1430. The zero-order chi connectivity index (χ0) is 18.0. The summed E-state index contributed by atoms with van der Waals surface area (Å²) in [5.74, 6) is 0.987. The summed E-state index contributed by atoms with van der Waals surface area (Å²) in [4.78, 5) is 0. The van der Waals surface area contributed by atoms with Crippen LogP contribution in [-0.2, 0) is 0 Å². The lowest BCUT2D eigenvalue weighted by molar-refractivity contribution is 0.604. The molecular weight excluding hydrogens is 447 g/mol. The Morgan fingerprint density at radius 1 is 0.778 bits per heavy atom. The third-order valence-electron chi connectivity index (χ3n) is 5.21. The molecule has 2 nitrogen and oxygen atoms in total. The van der Waals surface area contributed by atoms with Crippen LogP contribution in [0.25, 0.3) is 50.1 Å². The lowest BCUT2D eigenvalue weighted by Gasteiger charge is -2.05. The SMILES string of the molecule is Cc1cc(-c2ccc3oc4c(c3c2)C=IC=C4)cc2c1oc1ccccc12. The monoisotopic (exact) mass is 462 g/mol. The molecule has 0 aliphatic carbocycles. The first-order valence-corrected chi connectivity index (χ1v) is 11.4. The van der Waals surface area contributed by atoms with E-state index in [9.17, 15) is 0 Å². The van der Waals surface area contributed by atoms with Crippen LogP contribution in [0.15, 0.2) is 67.5 Å². The standard InChI is InChI=1S/C24H15IO2/c1-14-10-16(12-19-17-4-2-3-5-21(17)27-24(14)19)15-6-7-22-18(11-15)20-13-25-9-8-23(20)26-22/h2-13H,1H3. The summed E-state index contributed by atoms with van der Waals surface area (Å²) in [5.41, 5.74) is 7.72. The van der Waals surface area contributed by atoms with Crippen molar-refractivity contribution in [2.75, 3.05) is 0 Å². The van der Waals surface area contributed by atoms with Gasteiger partial charge in [-0.3, -0.25) is 0 Å². The highest BCUT2D eigenvalue weighted by molar-refractivity contribution is 14.2. The highest BCUT2D eigenvalue weighted by Gasteiger charge is 2.15. The number of halogens is 1. The second-order valence-corrected chi connectivity index (χ2v) is 8.95. The number of furan rings is 2.